The molecule has 3 rings (SSSR count). The minimum absolute atomic E-state index is 0.189. The number of hydrogen-bond donors (Lipinski definition) is 1. The molecule has 7 nitrogen and oxygen atoms in total. The van der Waals surface area contributed by atoms with Crippen LogP contribution in [0.3, 0.4) is 0 Å². The maximum atomic E-state index is 12.6. The molecular weight excluding hydrogens is 446 g/mol. The molecule has 0 aromatic carbocycles. The minimum atomic E-state index is -3.05. The highest BCUT2D eigenvalue weighted by molar-refractivity contribution is 7.91. The van der Waals surface area contributed by atoms with E-state index >= 15 is 0 Å². The van der Waals surface area contributed by atoms with Crippen molar-refractivity contribution in [3.8, 4) is 5.88 Å². The normalized spacial score (nSPS) is 21.8. The fraction of sp³-hybridized carbons (Fsp3) is 0.600. The van der Waals surface area contributed by atoms with Crippen LogP contribution in [0.1, 0.15) is 58.6 Å². The fourth-order valence-electron chi connectivity index (χ4n) is 3.27. The summed E-state index contributed by atoms with van der Waals surface area (Å²) in [5.41, 5.74) is 0.865. The van der Waals surface area contributed by atoms with Crippen molar-refractivity contribution in [3.05, 3.63) is 29.2 Å². The van der Waals surface area contributed by atoms with Crippen LogP contribution in [0.15, 0.2) is 18.5 Å². The molecule has 1 aliphatic rings. The Morgan fingerprint density at radius 3 is 2.53 bits per heavy atom. The second-order valence-electron chi connectivity index (χ2n) is 8.69. The molecule has 2 aromatic rings. The van der Waals surface area contributed by atoms with E-state index in [9.17, 15) is 13.0 Å². The predicted molar refractivity (Wildman–Crippen MR) is 121 cm³/mol. The van der Waals surface area contributed by atoms with E-state index in [1.54, 1.807) is 18.5 Å². The molecule has 30 heavy (non-hydrogen) atoms. The second kappa shape index (κ2) is 8.78. The van der Waals surface area contributed by atoms with E-state index in [0.29, 0.717) is 35.7 Å². The van der Waals surface area contributed by atoms with Crippen LogP contribution in [-0.4, -0.2) is 45.3 Å². The number of fused-ring (bicyclic) bond motifs is 1. The number of ether oxygens (including phenoxy) is 1. The lowest BCUT2D eigenvalue weighted by atomic mass is 9.95. The smallest absolute Gasteiger partial charge is 0.223 e. The van der Waals surface area contributed by atoms with Gasteiger partial charge in [0, 0.05) is 48.4 Å². The van der Waals surface area contributed by atoms with Gasteiger partial charge in [-0.1, -0.05) is 18.5 Å². The third-order valence-electron chi connectivity index (χ3n) is 5.26. The van der Waals surface area contributed by atoms with E-state index in [0.717, 1.165) is 10.9 Å². The third-order valence-corrected chi connectivity index (χ3v) is 8.67. The summed E-state index contributed by atoms with van der Waals surface area (Å²) in [5, 5.41) is 1.50. The molecular formula is C20H28ClN3O4S2. The molecule has 0 aliphatic heterocycles. The summed E-state index contributed by atoms with van der Waals surface area (Å²) in [6.45, 7) is 7.76. The van der Waals surface area contributed by atoms with Crippen LogP contribution < -0.4 is 9.46 Å². The van der Waals surface area contributed by atoms with Crippen molar-refractivity contribution in [2.24, 2.45) is 0 Å². The van der Waals surface area contributed by atoms with E-state index < -0.39 is 25.9 Å². The average Bonchev–Trinajstić information content (AvgIpc) is 2.60. The molecule has 2 aromatic heterocycles. The summed E-state index contributed by atoms with van der Waals surface area (Å²) in [6, 6.07) is 1.57. The highest BCUT2D eigenvalue weighted by atomic mass is 35.5. The number of rotatable bonds is 7. The number of sulfone groups is 1. The molecule has 0 spiro atoms. The first-order valence-electron chi connectivity index (χ1n) is 9.88. The van der Waals surface area contributed by atoms with Crippen LogP contribution in [-0.2, 0) is 21.2 Å². The van der Waals surface area contributed by atoms with Gasteiger partial charge in [0.05, 0.1) is 16.7 Å². The molecule has 0 radical (unpaired) electrons. The van der Waals surface area contributed by atoms with E-state index in [1.165, 1.54) is 6.26 Å². The number of hydrogen-bond acceptors (Lipinski definition) is 7. The molecule has 0 amide bonds. The molecule has 0 bridgehead atoms. The van der Waals surface area contributed by atoms with Crippen molar-refractivity contribution in [1.82, 2.24) is 14.7 Å². The molecule has 2 atom stereocenters. The standard InChI is InChI=1S/C20H28ClN3O4S2/c1-6-17(24-29(25)20(2,3)4)15-10-23-19(16-11-22-18(21)9-14(15)16)28-12-7-13(8-12)30(5,26)27/h9-13,17,24H,6-8H2,1-5H3/t12-,13+,17-,29?/m1/s1. The molecule has 1 unspecified atom stereocenters. The Labute approximate surface area is 186 Å². The summed E-state index contributed by atoms with van der Waals surface area (Å²) in [4.78, 5) is 8.66. The van der Waals surface area contributed by atoms with Crippen molar-refractivity contribution >= 4 is 43.6 Å². The monoisotopic (exact) mass is 473 g/mol. The van der Waals surface area contributed by atoms with Crippen LogP contribution in [0.5, 0.6) is 5.88 Å². The summed E-state index contributed by atoms with van der Waals surface area (Å²) in [7, 11) is -3.05. The zero-order valence-electron chi connectivity index (χ0n) is 17.8. The van der Waals surface area contributed by atoms with Crippen LogP contribution in [0, 0.1) is 0 Å². The van der Waals surface area contributed by atoms with E-state index in [-0.39, 0.29) is 17.4 Å². The van der Waals surface area contributed by atoms with Crippen LogP contribution >= 0.6 is 11.6 Å². The van der Waals surface area contributed by atoms with Gasteiger partial charge in [-0.2, -0.15) is 0 Å². The molecule has 1 fully saturated rings. The Kier molecular flexibility index (Phi) is 6.89. The first-order chi connectivity index (χ1) is 13.9. The number of nitrogens with one attached hydrogen (secondary N) is 1. The molecule has 1 N–H and O–H groups in total. The van der Waals surface area contributed by atoms with Gasteiger partial charge in [-0.25, -0.2) is 18.4 Å². The summed E-state index contributed by atoms with van der Waals surface area (Å²) >= 11 is 4.91. The van der Waals surface area contributed by atoms with Gasteiger partial charge in [0.2, 0.25) is 5.88 Å². The molecule has 166 valence electrons. The van der Waals surface area contributed by atoms with Crippen LogP contribution in [0.25, 0.3) is 10.8 Å². The summed E-state index contributed by atoms with van der Waals surface area (Å²) in [6.07, 6.45) is 5.99. The SMILES string of the molecule is CC[C@@H](N[S+]([O-])C(C)(C)C)c1cnc(O[C@H]2C[C@@H](S(C)(=O)=O)C2)c2cnc(Cl)cc12. The first kappa shape index (κ1) is 23.5. The van der Waals surface area contributed by atoms with Gasteiger partial charge in [-0.05, 0) is 38.6 Å². The van der Waals surface area contributed by atoms with Crippen molar-refractivity contribution in [2.75, 3.05) is 6.26 Å². The van der Waals surface area contributed by atoms with Gasteiger partial charge in [0.15, 0.2) is 9.84 Å². The molecule has 2 heterocycles. The van der Waals surface area contributed by atoms with Crippen molar-refractivity contribution in [3.63, 3.8) is 0 Å². The topological polar surface area (TPSA) is 104 Å². The van der Waals surface area contributed by atoms with Crippen LogP contribution in [0.2, 0.25) is 5.15 Å². The van der Waals surface area contributed by atoms with Gasteiger partial charge in [0.25, 0.3) is 0 Å². The first-order valence-corrected chi connectivity index (χ1v) is 13.4. The van der Waals surface area contributed by atoms with E-state index in [2.05, 4.69) is 14.7 Å². The lowest BCUT2D eigenvalue weighted by Crippen LogP contribution is -2.42. The summed E-state index contributed by atoms with van der Waals surface area (Å²) < 4.78 is 44.7. The lowest BCUT2D eigenvalue weighted by Gasteiger charge is -2.34. The summed E-state index contributed by atoms with van der Waals surface area (Å²) in [5.74, 6) is 0.404. The Morgan fingerprint density at radius 1 is 1.30 bits per heavy atom. The Morgan fingerprint density at radius 2 is 1.97 bits per heavy atom. The Hall–Kier alpha value is -1.13. The predicted octanol–water partition coefficient (Wildman–Crippen LogP) is 3.74. The molecule has 10 heteroatoms. The van der Waals surface area contributed by atoms with E-state index in [4.69, 9.17) is 16.3 Å². The number of pyridine rings is 2. The highest BCUT2D eigenvalue weighted by Crippen LogP contribution is 2.36. The van der Waals surface area contributed by atoms with Crippen molar-refractivity contribution < 1.29 is 17.7 Å². The zero-order chi connectivity index (χ0) is 22.3. The van der Waals surface area contributed by atoms with Crippen molar-refractivity contribution in [2.45, 2.75) is 69.1 Å². The number of aromatic nitrogens is 2. The fourth-order valence-corrected chi connectivity index (χ4v) is 5.46. The minimum Gasteiger partial charge on any atom is -0.598 e. The van der Waals surface area contributed by atoms with Crippen molar-refractivity contribution in [1.29, 1.82) is 0 Å². The maximum absolute atomic E-state index is 12.6. The van der Waals surface area contributed by atoms with Gasteiger partial charge in [-0.15, -0.1) is 4.72 Å². The zero-order valence-corrected chi connectivity index (χ0v) is 20.2. The molecule has 1 saturated carbocycles. The largest absolute Gasteiger partial charge is 0.598 e. The second-order valence-corrected chi connectivity index (χ2v) is 13.4. The van der Waals surface area contributed by atoms with Crippen LogP contribution in [0.4, 0.5) is 0 Å². The molecule has 1 aliphatic carbocycles. The Balaban J connectivity index is 1.90. The quantitative estimate of drug-likeness (QED) is 0.482. The molecule has 0 saturated heterocycles. The van der Waals surface area contributed by atoms with Gasteiger partial charge >= 0.3 is 0 Å². The van der Waals surface area contributed by atoms with Gasteiger partial charge < -0.3 is 9.29 Å². The number of nitrogens with zero attached hydrogens (tertiary/aromatic N) is 2. The van der Waals surface area contributed by atoms with E-state index in [1.807, 2.05) is 27.7 Å². The number of halogens is 1. The highest BCUT2D eigenvalue weighted by Gasteiger charge is 2.38. The maximum Gasteiger partial charge on any atom is 0.223 e. The lowest BCUT2D eigenvalue weighted by molar-refractivity contribution is 0.119. The third kappa shape index (κ3) is 5.19. The Bertz CT molecular complexity index is 1020. The average molecular weight is 474 g/mol. The van der Waals surface area contributed by atoms with Gasteiger partial charge in [0.1, 0.15) is 16.0 Å². The van der Waals surface area contributed by atoms with Gasteiger partial charge in [-0.3, -0.25) is 0 Å².